The Kier molecular flexibility index (Phi) is 5.29. The molecule has 3 heteroatoms. The molecule has 2 atom stereocenters. The number of ether oxygens (including phenoxy) is 1. The highest BCUT2D eigenvalue weighted by Gasteiger charge is 2.13. The van der Waals surface area contributed by atoms with Crippen molar-refractivity contribution in [3.8, 4) is 11.5 Å². The summed E-state index contributed by atoms with van der Waals surface area (Å²) < 4.78 is 5.33. The Morgan fingerprint density at radius 1 is 1.29 bits per heavy atom. The molecule has 0 aromatic heterocycles. The molecule has 2 unspecified atom stereocenters. The van der Waals surface area contributed by atoms with Crippen LogP contribution in [0, 0.1) is 5.92 Å². The summed E-state index contributed by atoms with van der Waals surface area (Å²) in [5.41, 5.74) is 1.08. The minimum Gasteiger partial charge on any atom is -0.504 e. The fraction of sp³-hybridized carbons (Fsp3) is 0.571. The first-order chi connectivity index (χ1) is 8.08. The summed E-state index contributed by atoms with van der Waals surface area (Å²) >= 11 is 0. The molecule has 0 saturated carbocycles. The summed E-state index contributed by atoms with van der Waals surface area (Å²) in [7, 11) is 0. The highest BCUT2D eigenvalue weighted by molar-refractivity contribution is 5.41. The topological polar surface area (TPSA) is 49.7 Å². The second-order valence-corrected chi connectivity index (χ2v) is 4.39. The van der Waals surface area contributed by atoms with Crippen LogP contribution in [-0.4, -0.2) is 22.9 Å². The van der Waals surface area contributed by atoms with Gasteiger partial charge in [0.1, 0.15) is 0 Å². The van der Waals surface area contributed by atoms with Gasteiger partial charge in [-0.2, -0.15) is 0 Å². The molecule has 0 aliphatic rings. The van der Waals surface area contributed by atoms with Crippen LogP contribution < -0.4 is 4.74 Å². The van der Waals surface area contributed by atoms with Crippen molar-refractivity contribution in [1.82, 2.24) is 0 Å². The standard InChI is InChI=1S/C14H22O3/c1-4-12(15)10(3)8-11-6-7-13(16)14(9-11)17-5-2/h6-7,9-10,12,15-16H,4-5,8H2,1-3H3. The van der Waals surface area contributed by atoms with Gasteiger partial charge in [0.05, 0.1) is 12.7 Å². The molecule has 0 aliphatic heterocycles. The number of phenols is 1. The van der Waals surface area contributed by atoms with Crippen LogP contribution in [-0.2, 0) is 6.42 Å². The molecule has 1 rings (SSSR count). The molecular formula is C14H22O3. The van der Waals surface area contributed by atoms with Crippen LogP contribution in [0.25, 0.3) is 0 Å². The van der Waals surface area contributed by atoms with Gasteiger partial charge in [0, 0.05) is 0 Å². The van der Waals surface area contributed by atoms with E-state index in [-0.39, 0.29) is 17.8 Å². The zero-order valence-electron chi connectivity index (χ0n) is 10.8. The molecule has 0 spiro atoms. The minimum atomic E-state index is -0.278. The molecule has 0 bridgehead atoms. The number of hydrogen-bond acceptors (Lipinski definition) is 3. The van der Waals surface area contributed by atoms with E-state index < -0.39 is 0 Å². The van der Waals surface area contributed by atoms with Crippen molar-refractivity contribution in [3.05, 3.63) is 23.8 Å². The van der Waals surface area contributed by atoms with Gasteiger partial charge < -0.3 is 14.9 Å². The van der Waals surface area contributed by atoms with Crippen LogP contribution in [0.5, 0.6) is 11.5 Å². The molecular weight excluding hydrogens is 216 g/mol. The number of aromatic hydroxyl groups is 1. The number of hydrogen-bond donors (Lipinski definition) is 2. The quantitative estimate of drug-likeness (QED) is 0.801. The normalized spacial score (nSPS) is 14.4. The van der Waals surface area contributed by atoms with Crippen molar-refractivity contribution < 1.29 is 14.9 Å². The third kappa shape index (κ3) is 3.93. The molecule has 17 heavy (non-hydrogen) atoms. The van der Waals surface area contributed by atoms with Gasteiger partial charge in [-0.15, -0.1) is 0 Å². The average Bonchev–Trinajstić information content (AvgIpc) is 2.32. The van der Waals surface area contributed by atoms with Gasteiger partial charge in [0.2, 0.25) is 0 Å². The molecule has 0 amide bonds. The fourth-order valence-electron chi connectivity index (χ4n) is 1.87. The van der Waals surface area contributed by atoms with Crippen LogP contribution in [0.1, 0.15) is 32.8 Å². The first kappa shape index (κ1) is 13.8. The van der Waals surface area contributed by atoms with Crippen LogP contribution in [0.2, 0.25) is 0 Å². The van der Waals surface area contributed by atoms with Crippen molar-refractivity contribution in [1.29, 1.82) is 0 Å². The summed E-state index contributed by atoms with van der Waals surface area (Å²) in [5.74, 6) is 0.890. The van der Waals surface area contributed by atoms with E-state index >= 15 is 0 Å². The summed E-state index contributed by atoms with van der Waals surface area (Å²) in [5, 5.41) is 19.3. The molecule has 0 saturated heterocycles. The zero-order chi connectivity index (χ0) is 12.8. The lowest BCUT2D eigenvalue weighted by Gasteiger charge is -2.17. The summed E-state index contributed by atoms with van der Waals surface area (Å²) in [6, 6.07) is 5.36. The maximum Gasteiger partial charge on any atom is 0.161 e. The van der Waals surface area contributed by atoms with E-state index in [1.54, 1.807) is 6.07 Å². The van der Waals surface area contributed by atoms with E-state index in [0.29, 0.717) is 12.4 Å². The van der Waals surface area contributed by atoms with Crippen molar-refractivity contribution >= 4 is 0 Å². The van der Waals surface area contributed by atoms with E-state index in [1.165, 1.54) is 0 Å². The van der Waals surface area contributed by atoms with Gasteiger partial charge in [-0.3, -0.25) is 0 Å². The Hall–Kier alpha value is -1.22. The van der Waals surface area contributed by atoms with Crippen molar-refractivity contribution in [2.24, 2.45) is 5.92 Å². The predicted octanol–water partition coefficient (Wildman–Crippen LogP) is 2.74. The highest BCUT2D eigenvalue weighted by atomic mass is 16.5. The first-order valence-corrected chi connectivity index (χ1v) is 6.21. The minimum absolute atomic E-state index is 0.166. The molecule has 1 aromatic rings. The van der Waals surface area contributed by atoms with Gasteiger partial charge in [-0.1, -0.05) is 19.9 Å². The maximum absolute atomic E-state index is 9.73. The van der Waals surface area contributed by atoms with Crippen LogP contribution in [0.3, 0.4) is 0 Å². The molecule has 0 heterocycles. The van der Waals surface area contributed by atoms with Gasteiger partial charge in [0.15, 0.2) is 11.5 Å². The van der Waals surface area contributed by atoms with Crippen LogP contribution in [0.15, 0.2) is 18.2 Å². The molecule has 0 fully saturated rings. The second kappa shape index (κ2) is 6.50. The number of rotatable bonds is 6. The molecule has 0 aliphatic carbocycles. The largest absolute Gasteiger partial charge is 0.504 e. The Bertz CT molecular complexity index is 349. The van der Waals surface area contributed by atoms with E-state index in [4.69, 9.17) is 4.74 Å². The first-order valence-electron chi connectivity index (χ1n) is 6.21. The monoisotopic (exact) mass is 238 g/mol. The Balaban J connectivity index is 2.74. The van der Waals surface area contributed by atoms with E-state index in [9.17, 15) is 10.2 Å². The number of aliphatic hydroxyl groups is 1. The van der Waals surface area contributed by atoms with Gasteiger partial charge in [-0.25, -0.2) is 0 Å². The van der Waals surface area contributed by atoms with Gasteiger partial charge >= 0.3 is 0 Å². The summed E-state index contributed by atoms with van der Waals surface area (Å²) in [6.07, 6.45) is 1.27. The third-order valence-corrected chi connectivity index (χ3v) is 2.96. The van der Waals surface area contributed by atoms with Gasteiger partial charge in [0.25, 0.3) is 0 Å². The molecule has 0 radical (unpaired) electrons. The van der Waals surface area contributed by atoms with E-state index in [1.807, 2.05) is 32.9 Å². The summed E-state index contributed by atoms with van der Waals surface area (Å²) in [6.45, 7) is 6.42. The highest BCUT2D eigenvalue weighted by Crippen LogP contribution is 2.28. The number of phenolic OH excluding ortho intramolecular Hbond substituents is 1. The second-order valence-electron chi connectivity index (χ2n) is 4.39. The number of aliphatic hydroxyl groups excluding tert-OH is 1. The molecule has 1 aromatic carbocycles. The van der Waals surface area contributed by atoms with Crippen molar-refractivity contribution in [2.75, 3.05) is 6.61 Å². The SMILES string of the molecule is CCOc1cc(CC(C)C(O)CC)ccc1O. The summed E-state index contributed by atoms with van der Waals surface area (Å²) in [4.78, 5) is 0. The fourth-order valence-corrected chi connectivity index (χ4v) is 1.87. The molecule has 2 N–H and O–H groups in total. The van der Waals surface area contributed by atoms with Crippen molar-refractivity contribution in [3.63, 3.8) is 0 Å². The lowest BCUT2D eigenvalue weighted by molar-refractivity contribution is 0.112. The molecule has 96 valence electrons. The Morgan fingerprint density at radius 3 is 2.59 bits per heavy atom. The predicted molar refractivity (Wildman–Crippen MR) is 68.4 cm³/mol. The van der Waals surface area contributed by atoms with E-state index in [2.05, 4.69) is 0 Å². The lowest BCUT2D eigenvalue weighted by atomic mass is 9.94. The average molecular weight is 238 g/mol. The Morgan fingerprint density at radius 2 is 2.00 bits per heavy atom. The number of benzene rings is 1. The maximum atomic E-state index is 9.73. The van der Waals surface area contributed by atoms with Crippen LogP contribution >= 0.6 is 0 Å². The lowest BCUT2D eigenvalue weighted by Crippen LogP contribution is -2.18. The smallest absolute Gasteiger partial charge is 0.161 e. The van der Waals surface area contributed by atoms with Gasteiger partial charge in [-0.05, 0) is 43.4 Å². The Labute approximate surface area is 103 Å². The zero-order valence-corrected chi connectivity index (χ0v) is 10.8. The van der Waals surface area contributed by atoms with Crippen molar-refractivity contribution in [2.45, 2.75) is 39.7 Å². The van der Waals surface area contributed by atoms with Crippen LogP contribution in [0.4, 0.5) is 0 Å². The van der Waals surface area contributed by atoms with E-state index in [0.717, 1.165) is 18.4 Å². The molecule has 3 nitrogen and oxygen atoms in total. The third-order valence-electron chi connectivity index (χ3n) is 2.96.